The molecule has 1 saturated heterocycles. The van der Waals surface area contributed by atoms with Crippen molar-refractivity contribution in [2.24, 2.45) is 5.92 Å². The van der Waals surface area contributed by atoms with Gasteiger partial charge in [0, 0.05) is 10.5 Å². The molecule has 2 unspecified atom stereocenters. The Hall–Kier alpha value is -0.580. The summed E-state index contributed by atoms with van der Waals surface area (Å²) in [4.78, 5) is 2.46. The molecule has 104 valence electrons. The average molecular weight is 326 g/mol. The van der Waals surface area contributed by atoms with Crippen molar-refractivity contribution in [3.05, 3.63) is 28.7 Å². The Morgan fingerprint density at radius 3 is 2.68 bits per heavy atom. The first-order chi connectivity index (χ1) is 9.24. The molecule has 1 aromatic rings. The zero-order chi connectivity index (χ0) is 13.2. The summed E-state index contributed by atoms with van der Waals surface area (Å²) in [5.41, 5.74) is 0. The summed E-state index contributed by atoms with van der Waals surface area (Å²) in [6, 6.07) is 8.95. The molecule has 3 nitrogen and oxygen atoms in total. The predicted molar refractivity (Wildman–Crippen MR) is 78.5 cm³/mol. The smallest absolute Gasteiger partial charge is 0.119 e. The van der Waals surface area contributed by atoms with E-state index in [4.69, 9.17) is 9.47 Å². The summed E-state index contributed by atoms with van der Waals surface area (Å²) in [6.07, 6.45) is 2.72. The number of nitrogens with zero attached hydrogens (tertiary/aromatic N) is 1. The second-order valence-electron chi connectivity index (χ2n) is 5.53. The van der Waals surface area contributed by atoms with Crippen molar-refractivity contribution in [1.29, 1.82) is 0 Å². The van der Waals surface area contributed by atoms with E-state index in [-0.39, 0.29) is 0 Å². The highest BCUT2D eigenvalue weighted by Crippen LogP contribution is 2.37. The first kappa shape index (κ1) is 13.4. The fourth-order valence-corrected chi connectivity index (χ4v) is 2.93. The molecular formula is C15H20BrNO2. The lowest BCUT2D eigenvalue weighted by molar-refractivity contribution is -0.0556. The van der Waals surface area contributed by atoms with Crippen molar-refractivity contribution >= 4 is 15.9 Å². The molecule has 2 atom stereocenters. The highest BCUT2D eigenvalue weighted by atomic mass is 79.9. The van der Waals surface area contributed by atoms with Crippen LogP contribution in [0, 0.1) is 5.92 Å². The lowest BCUT2D eigenvalue weighted by Crippen LogP contribution is -2.53. The van der Waals surface area contributed by atoms with E-state index in [1.165, 1.54) is 12.8 Å². The van der Waals surface area contributed by atoms with Crippen molar-refractivity contribution in [2.75, 3.05) is 26.9 Å². The van der Waals surface area contributed by atoms with Gasteiger partial charge in [-0.05, 0) is 50.1 Å². The van der Waals surface area contributed by atoms with E-state index in [0.29, 0.717) is 18.7 Å². The number of benzene rings is 1. The van der Waals surface area contributed by atoms with Crippen LogP contribution in [0.25, 0.3) is 0 Å². The standard InChI is InChI=1S/C15H20BrNO2/c1-17-13(8-18-10-15(17)11-2-3-11)9-19-14-6-4-12(16)5-7-14/h4-7,11,13,15H,2-3,8-10H2,1H3. The largest absolute Gasteiger partial charge is 0.492 e. The number of likely N-dealkylation sites (N-methyl/N-ethyl adjacent to an activating group) is 1. The lowest BCUT2D eigenvalue weighted by Gasteiger charge is -2.39. The zero-order valence-corrected chi connectivity index (χ0v) is 12.8. The third-order valence-corrected chi connectivity index (χ3v) is 4.65. The Bertz CT molecular complexity index is 419. The topological polar surface area (TPSA) is 21.7 Å². The Morgan fingerprint density at radius 2 is 2.00 bits per heavy atom. The van der Waals surface area contributed by atoms with Crippen LogP contribution in [0.5, 0.6) is 5.75 Å². The Labute approximate surface area is 123 Å². The van der Waals surface area contributed by atoms with E-state index in [0.717, 1.165) is 29.4 Å². The molecule has 0 radical (unpaired) electrons. The van der Waals surface area contributed by atoms with Gasteiger partial charge in [-0.15, -0.1) is 0 Å². The molecular weight excluding hydrogens is 306 g/mol. The van der Waals surface area contributed by atoms with Crippen LogP contribution in [0.2, 0.25) is 0 Å². The number of hydrogen-bond donors (Lipinski definition) is 0. The van der Waals surface area contributed by atoms with Gasteiger partial charge in [0.25, 0.3) is 0 Å². The minimum absolute atomic E-state index is 0.364. The van der Waals surface area contributed by atoms with E-state index in [1.807, 2.05) is 24.3 Å². The van der Waals surface area contributed by atoms with Gasteiger partial charge in [0.05, 0.1) is 19.3 Å². The summed E-state index contributed by atoms with van der Waals surface area (Å²) in [5.74, 6) is 1.77. The fraction of sp³-hybridized carbons (Fsp3) is 0.600. The summed E-state index contributed by atoms with van der Waals surface area (Å²) in [7, 11) is 2.21. The molecule has 1 aromatic carbocycles. The molecule has 0 spiro atoms. The summed E-state index contributed by atoms with van der Waals surface area (Å²) < 4.78 is 12.7. The molecule has 0 N–H and O–H groups in total. The van der Waals surface area contributed by atoms with Crippen LogP contribution in [0.15, 0.2) is 28.7 Å². The SMILES string of the molecule is CN1C(COc2ccc(Br)cc2)COCC1C1CC1. The molecule has 19 heavy (non-hydrogen) atoms. The van der Waals surface area contributed by atoms with E-state index < -0.39 is 0 Å². The maximum Gasteiger partial charge on any atom is 0.119 e. The Morgan fingerprint density at radius 1 is 1.26 bits per heavy atom. The second kappa shape index (κ2) is 5.81. The minimum Gasteiger partial charge on any atom is -0.492 e. The zero-order valence-electron chi connectivity index (χ0n) is 11.2. The van der Waals surface area contributed by atoms with Crippen LogP contribution in [0.4, 0.5) is 0 Å². The van der Waals surface area contributed by atoms with Gasteiger partial charge in [0.2, 0.25) is 0 Å². The maximum absolute atomic E-state index is 5.88. The molecule has 0 aromatic heterocycles. The highest BCUT2D eigenvalue weighted by Gasteiger charge is 2.39. The van der Waals surface area contributed by atoms with E-state index >= 15 is 0 Å². The van der Waals surface area contributed by atoms with Crippen LogP contribution in [-0.2, 0) is 4.74 Å². The fourth-order valence-electron chi connectivity index (χ4n) is 2.67. The monoisotopic (exact) mass is 325 g/mol. The first-order valence-corrected chi connectivity index (χ1v) is 7.71. The van der Waals surface area contributed by atoms with E-state index in [1.54, 1.807) is 0 Å². The molecule has 4 heteroatoms. The molecule has 1 heterocycles. The Kier molecular flexibility index (Phi) is 4.10. The molecule has 1 saturated carbocycles. The number of ether oxygens (including phenoxy) is 2. The van der Waals surface area contributed by atoms with Gasteiger partial charge in [-0.1, -0.05) is 15.9 Å². The first-order valence-electron chi connectivity index (χ1n) is 6.92. The summed E-state index contributed by atoms with van der Waals surface area (Å²) in [6.45, 7) is 2.35. The van der Waals surface area contributed by atoms with Crippen molar-refractivity contribution < 1.29 is 9.47 Å². The van der Waals surface area contributed by atoms with Crippen LogP contribution < -0.4 is 4.74 Å². The summed E-state index contributed by atoms with van der Waals surface area (Å²) in [5, 5.41) is 0. The van der Waals surface area contributed by atoms with Crippen LogP contribution in [-0.4, -0.2) is 43.9 Å². The number of halogens is 1. The van der Waals surface area contributed by atoms with Gasteiger partial charge in [-0.25, -0.2) is 0 Å². The second-order valence-corrected chi connectivity index (χ2v) is 6.44. The van der Waals surface area contributed by atoms with Crippen LogP contribution in [0.1, 0.15) is 12.8 Å². The Balaban J connectivity index is 1.55. The van der Waals surface area contributed by atoms with Crippen LogP contribution in [0.3, 0.4) is 0 Å². The molecule has 0 amide bonds. The van der Waals surface area contributed by atoms with E-state index in [9.17, 15) is 0 Å². The maximum atomic E-state index is 5.88. The van der Waals surface area contributed by atoms with Gasteiger partial charge in [0.1, 0.15) is 12.4 Å². The molecule has 3 rings (SSSR count). The van der Waals surface area contributed by atoms with Gasteiger partial charge in [-0.3, -0.25) is 4.90 Å². The molecule has 1 aliphatic heterocycles. The van der Waals surface area contributed by atoms with Crippen molar-refractivity contribution in [2.45, 2.75) is 24.9 Å². The van der Waals surface area contributed by atoms with Crippen molar-refractivity contribution in [3.8, 4) is 5.75 Å². The number of hydrogen-bond acceptors (Lipinski definition) is 3. The quantitative estimate of drug-likeness (QED) is 0.849. The van der Waals surface area contributed by atoms with Gasteiger partial charge < -0.3 is 9.47 Å². The molecule has 0 bridgehead atoms. The number of rotatable bonds is 4. The third kappa shape index (κ3) is 3.30. The summed E-state index contributed by atoms with van der Waals surface area (Å²) >= 11 is 3.43. The predicted octanol–water partition coefficient (Wildman–Crippen LogP) is 2.94. The van der Waals surface area contributed by atoms with Gasteiger partial charge >= 0.3 is 0 Å². The average Bonchev–Trinajstić information content (AvgIpc) is 3.24. The minimum atomic E-state index is 0.364. The van der Waals surface area contributed by atoms with E-state index in [2.05, 4.69) is 27.9 Å². The molecule has 1 aliphatic carbocycles. The normalized spacial score (nSPS) is 28.3. The number of morpholine rings is 1. The molecule has 2 aliphatic rings. The third-order valence-electron chi connectivity index (χ3n) is 4.12. The van der Waals surface area contributed by atoms with Gasteiger partial charge in [-0.2, -0.15) is 0 Å². The van der Waals surface area contributed by atoms with Crippen molar-refractivity contribution in [3.63, 3.8) is 0 Å². The lowest BCUT2D eigenvalue weighted by atomic mass is 10.1. The highest BCUT2D eigenvalue weighted by molar-refractivity contribution is 9.10. The van der Waals surface area contributed by atoms with Crippen molar-refractivity contribution in [1.82, 2.24) is 4.90 Å². The molecule has 2 fully saturated rings. The van der Waals surface area contributed by atoms with Crippen LogP contribution >= 0.6 is 15.9 Å². The van der Waals surface area contributed by atoms with Gasteiger partial charge in [0.15, 0.2) is 0 Å².